The zero-order valence-corrected chi connectivity index (χ0v) is 16.9. The fraction of sp³-hybridized carbons (Fsp3) is 0.429. The van der Waals surface area contributed by atoms with Gasteiger partial charge in [0.05, 0.1) is 5.75 Å². The summed E-state index contributed by atoms with van der Waals surface area (Å²) in [6, 6.07) is 12.3. The molecule has 0 aliphatic heterocycles. The van der Waals surface area contributed by atoms with Crippen LogP contribution in [0.5, 0.6) is 0 Å². The van der Waals surface area contributed by atoms with Crippen molar-refractivity contribution in [2.75, 3.05) is 12.3 Å². The Morgan fingerprint density at radius 2 is 2.04 bits per heavy atom. The Bertz CT molecular complexity index is 836. The molecule has 0 N–H and O–H groups in total. The topological polar surface area (TPSA) is 46.3 Å². The first kappa shape index (κ1) is 18.6. The Labute approximate surface area is 168 Å². The molecule has 4 rings (SSSR count). The van der Waals surface area contributed by atoms with Crippen LogP contribution in [0, 0.1) is 0 Å². The maximum atomic E-state index is 13.0. The monoisotopic (exact) mass is 400 g/mol. The van der Waals surface area contributed by atoms with E-state index in [1.165, 1.54) is 35.9 Å². The third-order valence-corrected chi connectivity index (χ3v) is 6.86. The van der Waals surface area contributed by atoms with E-state index in [4.69, 9.17) is 4.42 Å². The van der Waals surface area contributed by atoms with E-state index in [1.807, 2.05) is 24.3 Å². The van der Waals surface area contributed by atoms with Gasteiger partial charge in [0.15, 0.2) is 5.58 Å². The molecule has 1 saturated carbocycles. The number of rotatable bonds is 7. The fourth-order valence-corrected chi connectivity index (χ4v) is 5.13. The van der Waals surface area contributed by atoms with Crippen molar-refractivity contribution in [1.29, 1.82) is 0 Å². The summed E-state index contributed by atoms with van der Waals surface area (Å²) in [5.74, 6) is 0.582. The van der Waals surface area contributed by atoms with Crippen molar-refractivity contribution in [2.45, 2.75) is 49.8 Å². The van der Waals surface area contributed by atoms with E-state index in [2.05, 4.69) is 27.4 Å². The second kappa shape index (κ2) is 8.93. The van der Waals surface area contributed by atoms with Crippen LogP contribution in [-0.4, -0.2) is 34.1 Å². The molecule has 4 nitrogen and oxygen atoms in total. The number of carbonyl (C=O) groups excluding carboxylic acids is 1. The highest BCUT2D eigenvalue weighted by Gasteiger charge is 2.25. The Balaban J connectivity index is 1.40. The van der Waals surface area contributed by atoms with Gasteiger partial charge in [0.2, 0.25) is 5.91 Å². The van der Waals surface area contributed by atoms with Gasteiger partial charge in [-0.2, -0.15) is 0 Å². The Kier molecular flexibility index (Phi) is 6.14. The highest BCUT2D eigenvalue weighted by Crippen LogP contribution is 2.27. The van der Waals surface area contributed by atoms with Gasteiger partial charge in [0, 0.05) is 17.5 Å². The minimum Gasteiger partial charge on any atom is -0.431 e. The molecule has 1 amide bonds. The molecule has 0 spiro atoms. The van der Waals surface area contributed by atoms with E-state index < -0.39 is 0 Å². The van der Waals surface area contributed by atoms with Crippen molar-refractivity contribution in [1.82, 2.24) is 9.88 Å². The first-order valence-electron chi connectivity index (χ1n) is 9.60. The number of nitrogens with zero attached hydrogens (tertiary/aromatic N) is 2. The zero-order valence-electron chi connectivity index (χ0n) is 15.3. The smallest absolute Gasteiger partial charge is 0.257 e. The van der Waals surface area contributed by atoms with Gasteiger partial charge in [-0.1, -0.05) is 49.2 Å². The van der Waals surface area contributed by atoms with Crippen LogP contribution in [0.15, 0.2) is 51.4 Å². The van der Waals surface area contributed by atoms with E-state index >= 15 is 0 Å². The van der Waals surface area contributed by atoms with Crippen molar-refractivity contribution >= 4 is 40.1 Å². The summed E-state index contributed by atoms with van der Waals surface area (Å²) < 4.78 is 5.75. The molecule has 2 heterocycles. The molecule has 0 atom stereocenters. The molecule has 3 aromatic rings. The van der Waals surface area contributed by atoms with Gasteiger partial charge in [-0.05, 0) is 42.8 Å². The van der Waals surface area contributed by atoms with Crippen LogP contribution in [0.1, 0.15) is 37.0 Å². The van der Waals surface area contributed by atoms with E-state index in [0.717, 1.165) is 36.9 Å². The molecule has 0 unspecified atom stereocenters. The van der Waals surface area contributed by atoms with E-state index in [-0.39, 0.29) is 5.91 Å². The minimum atomic E-state index is 0.200. The van der Waals surface area contributed by atoms with E-state index in [0.29, 0.717) is 17.0 Å². The summed E-state index contributed by atoms with van der Waals surface area (Å²) in [5.41, 5.74) is 1.61. The van der Waals surface area contributed by atoms with Crippen LogP contribution in [0.25, 0.3) is 11.1 Å². The summed E-state index contributed by atoms with van der Waals surface area (Å²) in [4.78, 5) is 21.0. The second-order valence-corrected chi connectivity index (χ2v) is 8.90. The summed E-state index contributed by atoms with van der Waals surface area (Å²) in [7, 11) is 0. The quantitative estimate of drug-likeness (QED) is 0.499. The second-order valence-electron chi connectivity index (χ2n) is 6.94. The van der Waals surface area contributed by atoms with Crippen molar-refractivity contribution in [3.05, 3.63) is 46.7 Å². The first-order chi connectivity index (χ1) is 13.3. The lowest BCUT2D eigenvalue weighted by Gasteiger charge is -2.34. The van der Waals surface area contributed by atoms with Crippen molar-refractivity contribution in [2.24, 2.45) is 0 Å². The van der Waals surface area contributed by atoms with Gasteiger partial charge < -0.3 is 9.32 Å². The Morgan fingerprint density at radius 3 is 2.81 bits per heavy atom. The van der Waals surface area contributed by atoms with E-state index in [9.17, 15) is 4.79 Å². The van der Waals surface area contributed by atoms with Crippen LogP contribution in [-0.2, 0) is 11.2 Å². The highest BCUT2D eigenvalue weighted by atomic mass is 32.2. The first-order valence-corrected chi connectivity index (χ1v) is 11.5. The normalized spacial score (nSPS) is 15.3. The lowest BCUT2D eigenvalue weighted by molar-refractivity contribution is -0.131. The lowest BCUT2D eigenvalue weighted by atomic mass is 9.94. The van der Waals surface area contributed by atoms with Crippen molar-refractivity contribution in [3.8, 4) is 0 Å². The largest absolute Gasteiger partial charge is 0.431 e. The molecule has 2 aromatic heterocycles. The predicted molar refractivity (Wildman–Crippen MR) is 111 cm³/mol. The molecule has 27 heavy (non-hydrogen) atoms. The summed E-state index contributed by atoms with van der Waals surface area (Å²) in [5, 5.41) is 2.68. The molecule has 0 bridgehead atoms. The Hall–Kier alpha value is -1.79. The Morgan fingerprint density at radius 1 is 1.19 bits per heavy atom. The predicted octanol–water partition coefficient (Wildman–Crippen LogP) is 5.39. The maximum Gasteiger partial charge on any atom is 0.257 e. The lowest BCUT2D eigenvalue weighted by Crippen LogP contribution is -2.43. The third kappa shape index (κ3) is 4.74. The van der Waals surface area contributed by atoms with Gasteiger partial charge in [-0.3, -0.25) is 4.79 Å². The molecule has 0 saturated heterocycles. The summed E-state index contributed by atoms with van der Waals surface area (Å²) in [6.45, 7) is 0.804. The van der Waals surface area contributed by atoms with Crippen LogP contribution >= 0.6 is 23.1 Å². The SMILES string of the molecule is O=C(CSc1nc2ccccc2o1)N(CCc1cccs1)C1CCCCC1. The van der Waals surface area contributed by atoms with Crippen LogP contribution in [0.4, 0.5) is 0 Å². The summed E-state index contributed by atoms with van der Waals surface area (Å²) in [6.07, 6.45) is 6.94. The van der Waals surface area contributed by atoms with Crippen LogP contribution in [0.2, 0.25) is 0 Å². The number of fused-ring (bicyclic) bond motifs is 1. The van der Waals surface area contributed by atoms with Crippen molar-refractivity contribution < 1.29 is 9.21 Å². The number of carbonyl (C=O) groups is 1. The molecule has 142 valence electrons. The number of aromatic nitrogens is 1. The zero-order chi connectivity index (χ0) is 18.5. The molecule has 0 radical (unpaired) electrons. The molecule has 1 aliphatic carbocycles. The number of oxazole rings is 1. The van der Waals surface area contributed by atoms with Gasteiger partial charge in [-0.15, -0.1) is 11.3 Å². The number of amides is 1. The number of benzene rings is 1. The highest BCUT2D eigenvalue weighted by molar-refractivity contribution is 7.99. The minimum absolute atomic E-state index is 0.200. The number of hydrogen-bond acceptors (Lipinski definition) is 5. The average molecular weight is 401 g/mol. The van der Waals surface area contributed by atoms with Gasteiger partial charge in [-0.25, -0.2) is 4.98 Å². The molecule has 1 aromatic carbocycles. The number of para-hydroxylation sites is 2. The van der Waals surface area contributed by atoms with Gasteiger partial charge in [0.25, 0.3) is 5.22 Å². The molecular weight excluding hydrogens is 376 g/mol. The van der Waals surface area contributed by atoms with E-state index in [1.54, 1.807) is 11.3 Å². The number of thiophene rings is 1. The average Bonchev–Trinajstić information content (AvgIpc) is 3.36. The maximum absolute atomic E-state index is 13.0. The summed E-state index contributed by atoms with van der Waals surface area (Å²) >= 11 is 3.17. The molecule has 1 aliphatic rings. The van der Waals surface area contributed by atoms with Crippen molar-refractivity contribution in [3.63, 3.8) is 0 Å². The number of hydrogen-bond donors (Lipinski definition) is 0. The van der Waals surface area contributed by atoms with Crippen LogP contribution < -0.4 is 0 Å². The molecule has 6 heteroatoms. The molecule has 1 fully saturated rings. The number of thioether (sulfide) groups is 1. The fourth-order valence-electron chi connectivity index (χ4n) is 3.71. The van der Waals surface area contributed by atoms with Crippen LogP contribution in [0.3, 0.4) is 0 Å². The van der Waals surface area contributed by atoms with Gasteiger partial charge in [0.1, 0.15) is 5.52 Å². The third-order valence-electron chi connectivity index (χ3n) is 5.11. The standard InChI is InChI=1S/C21H24N2O2S2/c24-20(15-27-21-22-18-10-4-5-11-19(18)25-21)23(16-7-2-1-3-8-16)13-12-17-9-6-14-26-17/h4-6,9-11,14,16H,1-3,7-8,12-13,15H2. The van der Waals surface area contributed by atoms with Gasteiger partial charge >= 0.3 is 0 Å². The molecular formula is C21H24N2O2S2.